The van der Waals surface area contributed by atoms with Crippen LogP contribution in [0.3, 0.4) is 0 Å². The first-order chi connectivity index (χ1) is 4.70. The zero-order chi connectivity index (χ0) is 7.56. The van der Waals surface area contributed by atoms with Crippen LogP contribution in [0.5, 0.6) is 0 Å². The van der Waals surface area contributed by atoms with Gasteiger partial charge in [-0.1, -0.05) is 0 Å². The van der Waals surface area contributed by atoms with Crippen molar-refractivity contribution < 1.29 is 26.4 Å². The zero-order valence-corrected chi connectivity index (χ0v) is 6.41. The summed E-state index contributed by atoms with van der Waals surface area (Å²) in [5.41, 5.74) is -0.0959. The molecule has 0 spiro atoms. The Kier molecular flexibility index (Phi) is 3.71. The van der Waals surface area contributed by atoms with Gasteiger partial charge in [0.2, 0.25) is 0 Å². The van der Waals surface area contributed by atoms with Crippen LogP contribution < -0.4 is 0 Å². The van der Waals surface area contributed by atoms with Gasteiger partial charge in [0.15, 0.2) is 0 Å². The van der Waals surface area contributed by atoms with E-state index in [2.05, 4.69) is 0 Å². The molecule has 0 bridgehead atoms. The molecule has 0 saturated heterocycles. The van der Waals surface area contributed by atoms with Crippen molar-refractivity contribution >= 4 is 5.69 Å². The fourth-order valence-corrected chi connectivity index (χ4v) is 0.563. The third kappa shape index (κ3) is 2.65. The van der Waals surface area contributed by atoms with E-state index in [0.717, 1.165) is 24.3 Å². The Labute approximate surface area is 72.8 Å². The van der Waals surface area contributed by atoms with E-state index in [1.165, 1.54) is 0 Å². The second-order valence-corrected chi connectivity index (χ2v) is 1.73. The first-order valence-corrected chi connectivity index (χ1v) is 2.60. The van der Waals surface area contributed by atoms with Gasteiger partial charge in [-0.3, -0.25) is 10.1 Å². The molecular formula is C6H4FFeNO2. The second-order valence-electron chi connectivity index (χ2n) is 1.73. The summed E-state index contributed by atoms with van der Waals surface area (Å²) in [4.78, 5) is 9.43. The van der Waals surface area contributed by atoms with Gasteiger partial charge in [-0.2, -0.15) is 0 Å². The summed E-state index contributed by atoms with van der Waals surface area (Å²) in [7, 11) is 0. The summed E-state index contributed by atoms with van der Waals surface area (Å²) >= 11 is 0. The molecule has 3 nitrogen and oxygen atoms in total. The first-order valence-electron chi connectivity index (χ1n) is 2.60. The van der Waals surface area contributed by atoms with Crippen LogP contribution in [0.1, 0.15) is 0 Å². The standard InChI is InChI=1S/C6H4FNO2.Fe/c7-5-1-3-6(4-2-5)8(9)10;/h1-4H;. The van der Waals surface area contributed by atoms with Gasteiger partial charge in [0.05, 0.1) is 4.92 Å². The van der Waals surface area contributed by atoms with E-state index in [4.69, 9.17) is 0 Å². The Balaban J connectivity index is 0.000001000. The maximum atomic E-state index is 12.1. The molecule has 0 amide bonds. The van der Waals surface area contributed by atoms with Crippen molar-refractivity contribution in [3.8, 4) is 0 Å². The van der Waals surface area contributed by atoms with Gasteiger partial charge in [-0.05, 0) is 12.1 Å². The maximum Gasteiger partial charge on any atom is 0.269 e. The van der Waals surface area contributed by atoms with Crippen molar-refractivity contribution in [1.29, 1.82) is 0 Å². The van der Waals surface area contributed by atoms with E-state index >= 15 is 0 Å². The predicted octanol–water partition coefficient (Wildman–Crippen LogP) is 1.73. The number of nitro benzene ring substituents is 1. The summed E-state index contributed by atoms with van der Waals surface area (Å²) in [6.07, 6.45) is 0. The minimum absolute atomic E-state index is 0. The van der Waals surface area contributed by atoms with Crippen LogP contribution in [0.4, 0.5) is 10.1 Å². The molecule has 0 radical (unpaired) electrons. The van der Waals surface area contributed by atoms with Gasteiger partial charge in [0.1, 0.15) is 5.82 Å². The predicted molar refractivity (Wildman–Crippen MR) is 33.1 cm³/mol. The van der Waals surface area contributed by atoms with Gasteiger partial charge >= 0.3 is 0 Å². The van der Waals surface area contributed by atoms with Gasteiger partial charge < -0.3 is 0 Å². The van der Waals surface area contributed by atoms with Gasteiger partial charge in [-0.15, -0.1) is 0 Å². The Hall–Kier alpha value is -0.931. The number of hydrogen-bond acceptors (Lipinski definition) is 2. The minimum Gasteiger partial charge on any atom is -0.258 e. The van der Waals surface area contributed by atoms with Crippen LogP contribution in [0, 0.1) is 15.9 Å². The fourth-order valence-electron chi connectivity index (χ4n) is 0.563. The normalized spacial score (nSPS) is 8.45. The van der Waals surface area contributed by atoms with E-state index in [1.54, 1.807) is 0 Å². The summed E-state index contributed by atoms with van der Waals surface area (Å²) in [6.45, 7) is 0. The summed E-state index contributed by atoms with van der Waals surface area (Å²) in [5, 5.41) is 10.00. The van der Waals surface area contributed by atoms with Gasteiger partial charge in [0, 0.05) is 29.2 Å². The van der Waals surface area contributed by atoms with Crippen LogP contribution in [-0.4, -0.2) is 4.92 Å². The SMILES string of the molecule is O=[N+]([O-])c1ccc(F)cc1.[Fe]. The van der Waals surface area contributed by atoms with E-state index in [9.17, 15) is 14.5 Å². The van der Waals surface area contributed by atoms with E-state index < -0.39 is 10.7 Å². The summed E-state index contributed by atoms with van der Waals surface area (Å²) in [6, 6.07) is 4.35. The van der Waals surface area contributed by atoms with Gasteiger partial charge in [0.25, 0.3) is 5.69 Å². The number of nitro groups is 1. The number of hydrogen-bond donors (Lipinski definition) is 0. The summed E-state index contributed by atoms with van der Waals surface area (Å²) < 4.78 is 12.1. The molecule has 0 fully saturated rings. The molecule has 0 atom stereocenters. The molecule has 0 unspecified atom stereocenters. The van der Waals surface area contributed by atoms with Crippen LogP contribution in [0.2, 0.25) is 0 Å². The maximum absolute atomic E-state index is 12.1. The zero-order valence-electron chi connectivity index (χ0n) is 5.30. The molecule has 11 heavy (non-hydrogen) atoms. The molecule has 0 heterocycles. The van der Waals surface area contributed by atoms with Gasteiger partial charge in [-0.25, -0.2) is 4.39 Å². The van der Waals surface area contributed by atoms with Crippen molar-refractivity contribution in [2.45, 2.75) is 0 Å². The van der Waals surface area contributed by atoms with E-state index in [1.807, 2.05) is 0 Å². The van der Waals surface area contributed by atoms with Crippen molar-refractivity contribution in [2.24, 2.45) is 0 Å². The van der Waals surface area contributed by atoms with Crippen LogP contribution in [0.15, 0.2) is 24.3 Å². The molecule has 1 aromatic carbocycles. The molecule has 0 aliphatic carbocycles. The number of rotatable bonds is 1. The van der Waals surface area contributed by atoms with E-state index in [-0.39, 0.29) is 22.8 Å². The second kappa shape index (κ2) is 4.05. The van der Waals surface area contributed by atoms with Crippen molar-refractivity contribution in [3.05, 3.63) is 40.2 Å². The third-order valence-corrected chi connectivity index (χ3v) is 1.04. The Bertz CT molecular complexity index is 249. The monoisotopic (exact) mass is 197 g/mol. The number of nitrogens with zero attached hydrogens (tertiary/aromatic N) is 1. The molecule has 0 aliphatic rings. The topological polar surface area (TPSA) is 43.1 Å². The molecule has 5 heteroatoms. The molecular weight excluding hydrogens is 193 g/mol. The first kappa shape index (κ1) is 10.1. The smallest absolute Gasteiger partial charge is 0.258 e. The van der Waals surface area contributed by atoms with Crippen LogP contribution in [0.25, 0.3) is 0 Å². The molecule has 0 aliphatic heterocycles. The van der Waals surface area contributed by atoms with Crippen LogP contribution in [-0.2, 0) is 17.1 Å². The molecule has 1 rings (SSSR count). The van der Waals surface area contributed by atoms with Crippen molar-refractivity contribution in [3.63, 3.8) is 0 Å². The summed E-state index contributed by atoms with van der Waals surface area (Å²) in [5.74, 6) is -0.467. The Morgan fingerprint density at radius 1 is 1.27 bits per heavy atom. The molecule has 0 N–H and O–H groups in total. The Morgan fingerprint density at radius 3 is 2.09 bits per heavy atom. The van der Waals surface area contributed by atoms with Crippen molar-refractivity contribution in [1.82, 2.24) is 0 Å². The largest absolute Gasteiger partial charge is 0.269 e. The third-order valence-electron chi connectivity index (χ3n) is 1.04. The molecule has 60 valence electrons. The molecule has 0 saturated carbocycles. The molecule has 1 aromatic rings. The fraction of sp³-hybridized carbons (Fsp3) is 0. The van der Waals surface area contributed by atoms with E-state index in [0.29, 0.717) is 0 Å². The van der Waals surface area contributed by atoms with Crippen LogP contribution >= 0.6 is 0 Å². The average molecular weight is 197 g/mol. The molecule has 0 aromatic heterocycles. The Morgan fingerprint density at radius 2 is 1.73 bits per heavy atom. The quantitative estimate of drug-likeness (QED) is 0.390. The average Bonchev–Trinajstić information content (AvgIpc) is 1.88. The number of benzene rings is 1. The van der Waals surface area contributed by atoms with Crippen molar-refractivity contribution in [2.75, 3.05) is 0 Å². The minimum atomic E-state index is -0.570. The number of non-ortho nitro benzene ring substituents is 1. The number of halogens is 1.